The summed E-state index contributed by atoms with van der Waals surface area (Å²) in [4.78, 5) is 19.6. The van der Waals surface area contributed by atoms with Crippen LogP contribution in [0.3, 0.4) is 0 Å². The van der Waals surface area contributed by atoms with E-state index in [9.17, 15) is 4.79 Å². The molecule has 24 heavy (non-hydrogen) atoms. The molecule has 0 bridgehead atoms. The highest BCUT2D eigenvalue weighted by molar-refractivity contribution is 7.98. The number of aromatic nitrogens is 2. The van der Waals surface area contributed by atoms with Gasteiger partial charge < -0.3 is 4.90 Å². The SMILES string of the molecule is CSc1ncc(C(=O)N2CC3CC=CCC3C2)n1-c1ccccc1. The van der Waals surface area contributed by atoms with Crippen molar-refractivity contribution >= 4 is 17.7 Å². The molecule has 1 aliphatic carbocycles. The lowest BCUT2D eigenvalue weighted by Crippen LogP contribution is -2.30. The molecule has 0 spiro atoms. The third-order valence-electron chi connectivity index (χ3n) is 5.05. The predicted octanol–water partition coefficient (Wildman–Crippen LogP) is 3.63. The van der Waals surface area contributed by atoms with Crippen LogP contribution in [0, 0.1) is 11.8 Å². The van der Waals surface area contributed by atoms with Gasteiger partial charge in [0.2, 0.25) is 0 Å². The van der Waals surface area contributed by atoms with Gasteiger partial charge in [-0.3, -0.25) is 9.36 Å². The fraction of sp³-hybridized carbons (Fsp3) is 0.368. The maximum absolute atomic E-state index is 13.1. The summed E-state index contributed by atoms with van der Waals surface area (Å²) in [6.07, 6.45) is 10.4. The van der Waals surface area contributed by atoms with Gasteiger partial charge >= 0.3 is 0 Å². The Labute approximate surface area is 146 Å². The van der Waals surface area contributed by atoms with Crippen LogP contribution in [0.1, 0.15) is 23.3 Å². The molecule has 1 aromatic carbocycles. The van der Waals surface area contributed by atoms with Gasteiger partial charge in [0.25, 0.3) is 5.91 Å². The average Bonchev–Trinajstić information content (AvgIpc) is 3.25. The number of benzene rings is 1. The first kappa shape index (κ1) is 15.5. The van der Waals surface area contributed by atoms with Crippen molar-refractivity contribution in [1.29, 1.82) is 0 Å². The second-order valence-electron chi connectivity index (χ2n) is 6.47. The minimum Gasteiger partial charge on any atom is -0.337 e. The van der Waals surface area contributed by atoms with E-state index in [4.69, 9.17) is 0 Å². The Morgan fingerprint density at radius 3 is 2.42 bits per heavy atom. The molecule has 2 heterocycles. The summed E-state index contributed by atoms with van der Waals surface area (Å²) < 4.78 is 1.98. The molecule has 124 valence electrons. The van der Waals surface area contributed by atoms with Gasteiger partial charge in [-0.1, -0.05) is 42.1 Å². The maximum atomic E-state index is 13.1. The van der Waals surface area contributed by atoms with E-state index in [1.807, 2.05) is 46.1 Å². The van der Waals surface area contributed by atoms with E-state index in [1.165, 1.54) is 0 Å². The van der Waals surface area contributed by atoms with Crippen LogP contribution in [-0.4, -0.2) is 39.7 Å². The zero-order chi connectivity index (χ0) is 16.5. The van der Waals surface area contributed by atoms with Crippen LogP contribution in [0.25, 0.3) is 5.69 Å². The molecular formula is C19H21N3OS. The third kappa shape index (κ3) is 2.67. The van der Waals surface area contributed by atoms with E-state index in [1.54, 1.807) is 18.0 Å². The van der Waals surface area contributed by atoms with Gasteiger partial charge in [0.15, 0.2) is 5.16 Å². The molecule has 1 aliphatic heterocycles. The number of allylic oxidation sites excluding steroid dienone is 2. The Morgan fingerprint density at radius 1 is 1.12 bits per heavy atom. The number of carbonyl (C=O) groups excluding carboxylic acids is 1. The summed E-state index contributed by atoms with van der Waals surface area (Å²) in [6, 6.07) is 10.0. The molecule has 1 aromatic heterocycles. The van der Waals surface area contributed by atoms with Gasteiger partial charge in [-0.05, 0) is 43.1 Å². The fourth-order valence-electron chi connectivity index (χ4n) is 3.80. The van der Waals surface area contributed by atoms with Crippen molar-refractivity contribution in [2.75, 3.05) is 19.3 Å². The summed E-state index contributed by atoms with van der Waals surface area (Å²) in [7, 11) is 0. The number of hydrogen-bond donors (Lipinski definition) is 0. The smallest absolute Gasteiger partial charge is 0.272 e. The number of likely N-dealkylation sites (tertiary alicyclic amines) is 1. The molecule has 2 aromatic rings. The number of carbonyl (C=O) groups is 1. The number of imidazole rings is 1. The van der Waals surface area contributed by atoms with E-state index in [0.717, 1.165) is 36.8 Å². The van der Waals surface area contributed by atoms with Gasteiger partial charge in [0.1, 0.15) is 5.69 Å². The third-order valence-corrected chi connectivity index (χ3v) is 5.71. The number of fused-ring (bicyclic) bond motifs is 1. The molecule has 5 heteroatoms. The first-order valence-electron chi connectivity index (χ1n) is 8.39. The minimum absolute atomic E-state index is 0.0982. The molecule has 0 N–H and O–H groups in total. The van der Waals surface area contributed by atoms with Crippen molar-refractivity contribution in [2.24, 2.45) is 11.8 Å². The van der Waals surface area contributed by atoms with Crippen molar-refractivity contribution in [3.63, 3.8) is 0 Å². The Hall–Kier alpha value is -2.01. The first-order chi connectivity index (χ1) is 11.8. The van der Waals surface area contributed by atoms with E-state index >= 15 is 0 Å². The van der Waals surface area contributed by atoms with E-state index in [2.05, 4.69) is 17.1 Å². The molecule has 4 nitrogen and oxygen atoms in total. The van der Waals surface area contributed by atoms with Crippen LogP contribution in [0.4, 0.5) is 0 Å². The topological polar surface area (TPSA) is 38.1 Å². The number of hydrogen-bond acceptors (Lipinski definition) is 3. The number of nitrogens with zero attached hydrogens (tertiary/aromatic N) is 3. The number of thioether (sulfide) groups is 1. The van der Waals surface area contributed by atoms with Crippen molar-refractivity contribution in [3.05, 3.63) is 54.4 Å². The average molecular weight is 339 g/mol. The summed E-state index contributed by atoms with van der Waals surface area (Å²) in [5.74, 6) is 1.33. The Balaban J connectivity index is 1.65. The van der Waals surface area contributed by atoms with Crippen LogP contribution in [-0.2, 0) is 0 Å². The molecule has 2 atom stereocenters. The lowest BCUT2D eigenvalue weighted by Gasteiger charge is -2.18. The molecule has 0 radical (unpaired) electrons. The second-order valence-corrected chi connectivity index (χ2v) is 7.25. The largest absolute Gasteiger partial charge is 0.337 e. The monoisotopic (exact) mass is 339 g/mol. The Kier molecular flexibility index (Phi) is 4.19. The van der Waals surface area contributed by atoms with Crippen LogP contribution < -0.4 is 0 Å². The normalized spacial score (nSPS) is 22.6. The molecule has 1 amide bonds. The van der Waals surface area contributed by atoms with Gasteiger partial charge in [-0.2, -0.15) is 0 Å². The lowest BCUT2D eigenvalue weighted by molar-refractivity contribution is 0.0775. The standard InChI is InChI=1S/C19H21N3OS/c1-24-19-20-11-17(22(19)16-9-3-2-4-10-16)18(23)21-12-14-7-5-6-8-15(14)13-21/h2-6,9-11,14-15H,7-8,12-13H2,1H3. The molecule has 1 saturated heterocycles. The molecule has 2 aliphatic rings. The number of rotatable bonds is 3. The van der Waals surface area contributed by atoms with Gasteiger partial charge in [0.05, 0.1) is 6.20 Å². The molecular weight excluding hydrogens is 318 g/mol. The Morgan fingerprint density at radius 2 is 1.79 bits per heavy atom. The van der Waals surface area contributed by atoms with Crippen molar-refractivity contribution in [1.82, 2.24) is 14.5 Å². The van der Waals surface area contributed by atoms with Crippen LogP contribution >= 0.6 is 11.8 Å². The highest BCUT2D eigenvalue weighted by atomic mass is 32.2. The van der Waals surface area contributed by atoms with Crippen molar-refractivity contribution < 1.29 is 4.79 Å². The summed E-state index contributed by atoms with van der Waals surface area (Å²) in [5.41, 5.74) is 1.65. The van der Waals surface area contributed by atoms with Gasteiger partial charge in [-0.25, -0.2) is 4.98 Å². The molecule has 4 rings (SSSR count). The van der Waals surface area contributed by atoms with Gasteiger partial charge in [0, 0.05) is 18.8 Å². The number of amides is 1. The van der Waals surface area contributed by atoms with E-state index < -0.39 is 0 Å². The molecule has 1 fully saturated rings. The molecule has 0 saturated carbocycles. The highest BCUT2D eigenvalue weighted by Crippen LogP contribution is 2.34. The number of para-hydroxylation sites is 1. The van der Waals surface area contributed by atoms with Gasteiger partial charge in [-0.15, -0.1) is 0 Å². The van der Waals surface area contributed by atoms with Crippen LogP contribution in [0.15, 0.2) is 53.8 Å². The zero-order valence-electron chi connectivity index (χ0n) is 13.8. The second kappa shape index (κ2) is 6.48. The maximum Gasteiger partial charge on any atom is 0.272 e. The molecule has 2 unspecified atom stereocenters. The minimum atomic E-state index is 0.0982. The van der Waals surface area contributed by atoms with E-state index in [-0.39, 0.29) is 5.91 Å². The Bertz CT molecular complexity index is 752. The fourth-order valence-corrected chi connectivity index (χ4v) is 4.34. The van der Waals surface area contributed by atoms with Crippen LogP contribution in [0.2, 0.25) is 0 Å². The van der Waals surface area contributed by atoms with E-state index in [0.29, 0.717) is 17.5 Å². The van der Waals surface area contributed by atoms with Crippen molar-refractivity contribution in [3.8, 4) is 5.69 Å². The van der Waals surface area contributed by atoms with Crippen molar-refractivity contribution in [2.45, 2.75) is 18.0 Å². The summed E-state index contributed by atoms with van der Waals surface area (Å²) in [6.45, 7) is 1.73. The first-order valence-corrected chi connectivity index (χ1v) is 9.62. The van der Waals surface area contributed by atoms with Crippen LogP contribution in [0.5, 0.6) is 0 Å². The summed E-state index contributed by atoms with van der Waals surface area (Å²) in [5, 5.41) is 0.850. The zero-order valence-corrected chi connectivity index (χ0v) is 14.6. The highest BCUT2D eigenvalue weighted by Gasteiger charge is 2.36. The predicted molar refractivity (Wildman–Crippen MR) is 96.6 cm³/mol. The lowest BCUT2D eigenvalue weighted by atomic mass is 9.86. The summed E-state index contributed by atoms with van der Waals surface area (Å²) >= 11 is 1.56. The quantitative estimate of drug-likeness (QED) is 0.633.